The molecule has 190 valence electrons. The van der Waals surface area contributed by atoms with Crippen LogP contribution in [0.25, 0.3) is 0 Å². The van der Waals surface area contributed by atoms with Gasteiger partial charge in [0, 0.05) is 23.2 Å². The number of benzene rings is 2. The summed E-state index contributed by atoms with van der Waals surface area (Å²) in [5, 5.41) is 8.36. The van der Waals surface area contributed by atoms with Gasteiger partial charge in [0.05, 0.1) is 19.2 Å². The molecule has 36 heavy (non-hydrogen) atoms. The molecule has 1 heterocycles. The number of rotatable bonds is 10. The Kier molecular flexibility index (Phi) is 9.06. The zero-order chi connectivity index (χ0) is 25.3. The fraction of sp³-hybridized carbons (Fsp3) is 0.393. The molecule has 0 bridgehead atoms. The highest BCUT2D eigenvalue weighted by molar-refractivity contribution is 7.14. The quantitative estimate of drug-likeness (QED) is 0.310. The van der Waals surface area contributed by atoms with Gasteiger partial charge in [0.15, 0.2) is 5.13 Å². The lowest BCUT2D eigenvalue weighted by Crippen LogP contribution is -2.12. The van der Waals surface area contributed by atoms with Gasteiger partial charge in [0.1, 0.15) is 5.82 Å². The highest BCUT2D eigenvalue weighted by atomic mass is 32.1. The number of aryl methyl sites for hydroxylation is 1. The number of hydrogen-bond donors (Lipinski definition) is 2. The van der Waals surface area contributed by atoms with Gasteiger partial charge >= 0.3 is 5.97 Å². The normalized spacial score (nSPS) is 13.8. The van der Waals surface area contributed by atoms with Crippen LogP contribution >= 0.6 is 11.3 Å². The highest BCUT2D eigenvalue weighted by Crippen LogP contribution is 2.29. The second-order valence-electron chi connectivity index (χ2n) is 9.25. The van der Waals surface area contributed by atoms with E-state index in [-0.39, 0.29) is 24.1 Å². The Balaban J connectivity index is 1.31. The fourth-order valence-corrected chi connectivity index (χ4v) is 5.29. The van der Waals surface area contributed by atoms with Crippen molar-refractivity contribution < 1.29 is 18.7 Å². The molecule has 2 N–H and O–H groups in total. The summed E-state index contributed by atoms with van der Waals surface area (Å²) in [5.74, 6) is -0.0963. The number of esters is 1. The van der Waals surface area contributed by atoms with E-state index in [0.717, 1.165) is 35.6 Å². The minimum Gasteiger partial charge on any atom is -0.469 e. The molecule has 6 nitrogen and oxygen atoms in total. The Bertz CT molecular complexity index is 1170. The van der Waals surface area contributed by atoms with E-state index in [2.05, 4.69) is 20.4 Å². The number of thiazole rings is 1. The maximum absolute atomic E-state index is 13.9. The molecule has 1 saturated carbocycles. The van der Waals surface area contributed by atoms with Crippen molar-refractivity contribution in [3.8, 4) is 0 Å². The second-order valence-corrected chi connectivity index (χ2v) is 10.1. The van der Waals surface area contributed by atoms with E-state index in [0.29, 0.717) is 22.9 Å². The average molecular weight is 510 g/mol. The van der Waals surface area contributed by atoms with Crippen LogP contribution in [0.5, 0.6) is 0 Å². The number of amides is 1. The van der Waals surface area contributed by atoms with Crippen LogP contribution in [0.3, 0.4) is 0 Å². The third-order valence-electron chi connectivity index (χ3n) is 6.64. The topological polar surface area (TPSA) is 80.3 Å². The largest absolute Gasteiger partial charge is 0.469 e. The molecule has 0 radical (unpaired) electrons. The minimum atomic E-state index is -0.376. The third kappa shape index (κ3) is 7.37. The summed E-state index contributed by atoms with van der Waals surface area (Å²) >= 11 is 1.26. The van der Waals surface area contributed by atoms with Gasteiger partial charge in [-0.25, -0.2) is 9.37 Å². The lowest BCUT2D eigenvalue weighted by atomic mass is 9.85. The zero-order valence-corrected chi connectivity index (χ0v) is 21.3. The summed E-state index contributed by atoms with van der Waals surface area (Å²) in [6.45, 7) is 0.577. The maximum atomic E-state index is 13.9. The molecule has 8 heteroatoms. The second kappa shape index (κ2) is 12.6. The van der Waals surface area contributed by atoms with Gasteiger partial charge in [-0.15, -0.1) is 11.3 Å². The summed E-state index contributed by atoms with van der Waals surface area (Å²) in [4.78, 5) is 28.2. The van der Waals surface area contributed by atoms with E-state index < -0.39 is 0 Å². The Labute approximate surface area is 215 Å². The third-order valence-corrected chi connectivity index (χ3v) is 7.44. The monoisotopic (exact) mass is 509 g/mol. The zero-order valence-electron chi connectivity index (χ0n) is 20.5. The Morgan fingerprint density at radius 1 is 1.11 bits per heavy atom. The molecule has 3 aromatic rings. The number of carbonyl (C=O) groups is 2. The summed E-state index contributed by atoms with van der Waals surface area (Å²) in [6, 6.07) is 12.3. The predicted octanol–water partition coefficient (Wildman–Crippen LogP) is 6.38. The van der Waals surface area contributed by atoms with Gasteiger partial charge in [-0.1, -0.05) is 44.2 Å². The summed E-state index contributed by atoms with van der Waals surface area (Å²) in [5.41, 5.74) is 4.07. The van der Waals surface area contributed by atoms with Gasteiger partial charge in [-0.05, 0) is 60.2 Å². The molecule has 1 aromatic heterocycles. The predicted molar refractivity (Wildman–Crippen MR) is 141 cm³/mol. The molecule has 1 aliphatic carbocycles. The lowest BCUT2D eigenvalue weighted by Gasteiger charge is -2.22. The van der Waals surface area contributed by atoms with Crippen LogP contribution in [0.15, 0.2) is 47.8 Å². The van der Waals surface area contributed by atoms with Crippen LogP contribution in [0.4, 0.5) is 15.2 Å². The maximum Gasteiger partial charge on any atom is 0.311 e. The molecule has 2 aromatic carbocycles. The number of nitrogens with zero attached hydrogens (tertiary/aromatic N) is 1. The van der Waals surface area contributed by atoms with E-state index >= 15 is 0 Å². The molecule has 0 aliphatic heterocycles. The van der Waals surface area contributed by atoms with Crippen LogP contribution in [-0.4, -0.2) is 24.0 Å². The number of ether oxygens (including phenoxy) is 1. The number of methoxy groups -OCH3 is 1. The van der Waals surface area contributed by atoms with Crippen LogP contribution in [0, 0.1) is 11.7 Å². The van der Waals surface area contributed by atoms with Crippen LogP contribution < -0.4 is 10.6 Å². The molecule has 1 amide bonds. The van der Waals surface area contributed by atoms with Crippen molar-refractivity contribution in [3.05, 3.63) is 76.0 Å². The fourth-order valence-electron chi connectivity index (χ4n) is 4.58. The van der Waals surface area contributed by atoms with E-state index in [4.69, 9.17) is 0 Å². The van der Waals surface area contributed by atoms with E-state index in [9.17, 15) is 14.0 Å². The molecule has 0 saturated heterocycles. The Hall–Kier alpha value is -3.26. The molecule has 1 aliphatic rings. The smallest absolute Gasteiger partial charge is 0.311 e. The van der Waals surface area contributed by atoms with Gasteiger partial charge in [-0.2, -0.15) is 0 Å². The molecule has 4 rings (SSSR count). The molecule has 0 spiro atoms. The first-order chi connectivity index (χ1) is 17.5. The number of halogens is 1. The molecule has 0 unspecified atom stereocenters. The standard InChI is InChI=1S/C28H32FN3O3S/c1-35-26(33)16-24-18-36-28(31-24)32-27(34)21-10-8-20(9-11-21)17-30-25-14-13-23(29)15-22(25)12-7-19-5-3-2-4-6-19/h8-11,13-15,18-19,30H,2-7,12,16-17H2,1H3,(H,31,32,34). The van der Waals surface area contributed by atoms with Gasteiger partial charge in [0.2, 0.25) is 0 Å². The van der Waals surface area contributed by atoms with E-state index in [1.165, 1.54) is 56.6 Å². The number of aromatic nitrogens is 1. The Morgan fingerprint density at radius 3 is 2.64 bits per heavy atom. The van der Waals surface area contributed by atoms with Crippen molar-refractivity contribution in [2.45, 2.75) is 57.9 Å². The summed E-state index contributed by atoms with van der Waals surface area (Å²) < 4.78 is 18.6. The number of carbonyl (C=O) groups excluding carboxylic acids is 2. The van der Waals surface area contributed by atoms with Crippen LogP contribution in [0.1, 0.15) is 65.7 Å². The Morgan fingerprint density at radius 2 is 1.89 bits per heavy atom. The van der Waals surface area contributed by atoms with Crippen LogP contribution in [0.2, 0.25) is 0 Å². The van der Waals surface area contributed by atoms with Crippen molar-refractivity contribution in [1.29, 1.82) is 0 Å². The van der Waals surface area contributed by atoms with Gasteiger partial charge in [0.25, 0.3) is 5.91 Å². The average Bonchev–Trinajstić information content (AvgIpc) is 3.34. The molecule has 1 fully saturated rings. The van der Waals surface area contributed by atoms with Gasteiger partial charge < -0.3 is 10.1 Å². The SMILES string of the molecule is COC(=O)Cc1csc(NC(=O)c2ccc(CNc3ccc(F)cc3CCC3CCCCC3)cc2)n1. The van der Waals surface area contributed by atoms with Gasteiger partial charge in [-0.3, -0.25) is 14.9 Å². The first kappa shape index (κ1) is 25.8. The molecule has 0 atom stereocenters. The number of nitrogens with one attached hydrogen (secondary N) is 2. The van der Waals surface area contributed by atoms with Crippen molar-refractivity contribution in [2.24, 2.45) is 5.92 Å². The minimum absolute atomic E-state index is 0.0704. The first-order valence-electron chi connectivity index (χ1n) is 12.4. The molecular formula is C28H32FN3O3S. The number of anilines is 2. The highest BCUT2D eigenvalue weighted by Gasteiger charge is 2.15. The van der Waals surface area contributed by atoms with Crippen molar-refractivity contribution >= 4 is 34.0 Å². The van der Waals surface area contributed by atoms with Crippen molar-refractivity contribution in [1.82, 2.24) is 4.98 Å². The van der Waals surface area contributed by atoms with E-state index in [1.54, 1.807) is 23.6 Å². The summed E-state index contributed by atoms with van der Waals surface area (Å²) in [6.07, 6.45) is 8.59. The summed E-state index contributed by atoms with van der Waals surface area (Å²) in [7, 11) is 1.33. The van der Waals surface area contributed by atoms with Crippen molar-refractivity contribution in [2.75, 3.05) is 17.7 Å². The van der Waals surface area contributed by atoms with Crippen molar-refractivity contribution in [3.63, 3.8) is 0 Å². The van der Waals surface area contributed by atoms with E-state index in [1.807, 2.05) is 18.2 Å². The molecular weight excluding hydrogens is 477 g/mol. The first-order valence-corrected chi connectivity index (χ1v) is 13.3. The number of hydrogen-bond acceptors (Lipinski definition) is 6. The lowest BCUT2D eigenvalue weighted by molar-refractivity contribution is -0.139. The van der Waals surface area contributed by atoms with Crippen LogP contribution in [-0.2, 0) is 28.9 Å².